The molecule has 0 spiro atoms. The van der Waals surface area contributed by atoms with Gasteiger partial charge in [-0.25, -0.2) is 0 Å². The molecule has 78 valence electrons. The summed E-state index contributed by atoms with van der Waals surface area (Å²) in [5, 5.41) is 3.90. The predicted octanol–water partition coefficient (Wildman–Crippen LogP) is 0.994. The second kappa shape index (κ2) is 5.57. The van der Waals surface area contributed by atoms with Crippen LogP contribution in [-0.4, -0.2) is 41.2 Å². The van der Waals surface area contributed by atoms with Crippen molar-refractivity contribution in [3.63, 3.8) is 0 Å². The Bertz CT molecular complexity index is 155. The van der Waals surface area contributed by atoms with E-state index < -0.39 is 0 Å². The van der Waals surface area contributed by atoms with Gasteiger partial charge < -0.3 is 5.32 Å². The third-order valence-electron chi connectivity index (χ3n) is 2.32. The molecule has 0 heterocycles. The van der Waals surface area contributed by atoms with E-state index in [2.05, 4.69) is 57.4 Å². The highest BCUT2D eigenvalue weighted by Gasteiger charge is 2.29. The van der Waals surface area contributed by atoms with Gasteiger partial charge in [-0.2, -0.15) is 0 Å². The molecule has 0 aliphatic heterocycles. The normalized spacial score (nSPS) is 15.5. The summed E-state index contributed by atoms with van der Waals surface area (Å²) in [7, 11) is 4.06. The van der Waals surface area contributed by atoms with E-state index in [0.717, 1.165) is 6.54 Å². The Morgan fingerprint density at radius 2 is 2.08 bits per heavy atom. The zero-order valence-electron chi connectivity index (χ0n) is 9.72. The minimum Gasteiger partial charge on any atom is -0.302 e. The standard InChI is InChI=1S/C10H24N2Si/c1-7-11-9(12(5)6)10(3,4)13-8-2/h8-9,11H,2,7,13H2,1,3-6H3. The molecule has 0 saturated heterocycles. The van der Waals surface area contributed by atoms with Crippen molar-refractivity contribution in [3.8, 4) is 0 Å². The maximum absolute atomic E-state index is 3.86. The van der Waals surface area contributed by atoms with Crippen molar-refractivity contribution >= 4 is 9.52 Å². The van der Waals surface area contributed by atoms with Crippen LogP contribution in [0.2, 0.25) is 5.04 Å². The monoisotopic (exact) mass is 200 g/mol. The zero-order chi connectivity index (χ0) is 10.5. The molecular formula is C10H24N2Si. The lowest BCUT2D eigenvalue weighted by Gasteiger charge is -2.38. The van der Waals surface area contributed by atoms with Crippen molar-refractivity contribution in [2.75, 3.05) is 20.6 Å². The van der Waals surface area contributed by atoms with Gasteiger partial charge in [0, 0.05) is 0 Å². The molecule has 0 rings (SSSR count). The highest BCUT2D eigenvalue weighted by Crippen LogP contribution is 2.28. The van der Waals surface area contributed by atoms with Crippen LogP contribution in [0.4, 0.5) is 0 Å². The van der Waals surface area contributed by atoms with Crippen molar-refractivity contribution in [2.45, 2.75) is 32.0 Å². The Hall–Kier alpha value is -0.123. The second-order valence-corrected chi connectivity index (χ2v) is 7.21. The van der Waals surface area contributed by atoms with E-state index in [1.807, 2.05) is 0 Å². The Morgan fingerprint density at radius 1 is 1.54 bits per heavy atom. The first-order chi connectivity index (χ1) is 5.95. The van der Waals surface area contributed by atoms with Gasteiger partial charge in [-0.05, 0) is 25.7 Å². The molecule has 0 bridgehead atoms. The summed E-state index contributed by atoms with van der Waals surface area (Å²) in [6, 6.07) is 0. The van der Waals surface area contributed by atoms with Crippen molar-refractivity contribution in [3.05, 3.63) is 12.3 Å². The largest absolute Gasteiger partial charge is 0.302 e. The van der Waals surface area contributed by atoms with Gasteiger partial charge in [0.15, 0.2) is 0 Å². The summed E-state index contributed by atoms with van der Waals surface area (Å²) >= 11 is 0. The topological polar surface area (TPSA) is 15.3 Å². The molecule has 1 N–H and O–H groups in total. The summed E-state index contributed by atoms with van der Waals surface area (Å²) < 4.78 is 0. The van der Waals surface area contributed by atoms with Gasteiger partial charge in [0.2, 0.25) is 0 Å². The van der Waals surface area contributed by atoms with Crippen LogP contribution in [0.5, 0.6) is 0 Å². The van der Waals surface area contributed by atoms with E-state index in [1.165, 1.54) is 0 Å². The van der Waals surface area contributed by atoms with Gasteiger partial charge >= 0.3 is 0 Å². The fourth-order valence-electron chi connectivity index (χ4n) is 1.83. The molecule has 0 aromatic heterocycles. The molecule has 1 unspecified atom stereocenters. The van der Waals surface area contributed by atoms with Crippen LogP contribution < -0.4 is 5.32 Å². The summed E-state index contributed by atoms with van der Waals surface area (Å²) in [6.07, 6.45) is 0.474. The van der Waals surface area contributed by atoms with Gasteiger partial charge in [-0.15, -0.1) is 12.3 Å². The summed E-state index contributed by atoms with van der Waals surface area (Å²) in [6.45, 7) is 11.7. The molecule has 2 nitrogen and oxygen atoms in total. The molecule has 0 aliphatic carbocycles. The van der Waals surface area contributed by atoms with E-state index in [9.17, 15) is 0 Å². The van der Waals surface area contributed by atoms with Gasteiger partial charge in [-0.1, -0.05) is 20.8 Å². The third-order valence-corrected chi connectivity index (χ3v) is 4.05. The number of hydrogen-bond acceptors (Lipinski definition) is 2. The summed E-state index contributed by atoms with van der Waals surface area (Å²) in [5.41, 5.74) is 2.13. The minimum absolute atomic E-state index is 0.201. The van der Waals surface area contributed by atoms with Crippen molar-refractivity contribution in [2.24, 2.45) is 0 Å². The maximum atomic E-state index is 3.86. The average Bonchev–Trinajstić information content (AvgIpc) is 1.99. The molecule has 13 heavy (non-hydrogen) atoms. The fraction of sp³-hybridized carbons (Fsp3) is 0.800. The van der Waals surface area contributed by atoms with Gasteiger partial charge in [0.1, 0.15) is 0 Å². The minimum atomic E-state index is -0.201. The molecule has 0 fully saturated rings. The highest BCUT2D eigenvalue weighted by atomic mass is 28.2. The van der Waals surface area contributed by atoms with Gasteiger partial charge in [0.05, 0.1) is 15.7 Å². The van der Waals surface area contributed by atoms with Crippen LogP contribution in [0.1, 0.15) is 20.8 Å². The maximum Gasteiger partial charge on any atom is 0.0617 e. The molecule has 1 atom stereocenters. The van der Waals surface area contributed by atoms with Crippen LogP contribution in [0.15, 0.2) is 12.3 Å². The van der Waals surface area contributed by atoms with Crippen molar-refractivity contribution < 1.29 is 0 Å². The quantitative estimate of drug-likeness (QED) is 0.508. The fourth-order valence-corrected chi connectivity index (χ4v) is 3.31. The Kier molecular flexibility index (Phi) is 5.52. The summed E-state index contributed by atoms with van der Waals surface area (Å²) in [4.78, 5) is 2.26. The molecule has 3 heteroatoms. The average molecular weight is 200 g/mol. The van der Waals surface area contributed by atoms with Crippen LogP contribution >= 0.6 is 0 Å². The number of rotatable bonds is 6. The lowest BCUT2D eigenvalue weighted by Crippen LogP contribution is -2.49. The van der Waals surface area contributed by atoms with Crippen molar-refractivity contribution in [1.82, 2.24) is 10.2 Å². The number of hydrogen-bond donors (Lipinski definition) is 1. The zero-order valence-corrected chi connectivity index (χ0v) is 11.1. The van der Waals surface area contributed by atoms with Crippen LogP contribution in [0.3, 0.4) is 0 Å². The predicted molar refractivity (Wildman–Crippen MR) is 63.9 cm³/mol. The molecule has 0 saturated carbocycles. The van der Waals surface area contributed by atoms with Gasteiger partial charge in [-0.3, -0.25) is 4.90 Å². The van der Waals surface area contributed by atoms with Gasteiger partial charge in [0.25, 0.3) is 0 Å². The Balaban J connectivity index is 4.40. The molecule has 0 amide bonds. The van der Waals surface area contributed by atoms with Crippen LogP contribution in [-0.2, 0) is 0 Å². The lowest BCUT2D eigenvalue weighted by molar-refractivity contribution is 0.201. The Labute approximate surface area is 85.2 Å². The first-order valence-corrected chi connectivity index (χ1v) is 6.48. The van der Waals surface area contributed by atoms with Crippen LogP contribution in [0.25, 0.3) is 0 Å². The molecule has 0 radical (unpaired) electrons. The number of nitrogens with one attached hydrogen (secondary N) is 1. The molecular weight excluding hydrogens is 176 g/mol. The van der Waals surface area contributed by atoms with E-state index in [-0.39, 0.29) is 9.52 Å². The summed E-state index contributed by atoms with van der Waals surface area (Å²) in [5.74, 6) is 0. The highest BCUT2D eigenvalue weighted by molar-refractivity contribution is 6.46. The molecule has 0 aromatic rings. The Morgan fingerprint density at radius 3 is 2.38 bits per heavy atom. The van der Waals surface area contributed by atoms with E-state index in [4.69, 9.17) is 0 Å². The van der Waals surface area contributed by atoms with E-state index in [1.54, 1.807) is 0 Å². The third kappa shape index (κ3) is 4.07. The number of nitrogens with zero attached hydrogens (tertiary/aromatic N) is 1. The second-order valence-electron chi connectivity index (χ2n) is 4.41. The van der Waals surface area contributed by atoms with Crippen molar-refractivity contribution in [1.29, 1.82) is 0 Å². The first kappa shape index (κ1) is 12.9. The SMILES string of the molecule is C=C[SiH2]C(C)(C)C(NCC)N(C)C. The molecule has 0 aliphatic rings. The first-order valence-electron chi connectivity index (χ1n) is 4.96. The lowest BCUT2D eigenvalue weighted by atomic mass is 10.1. The molecule has 0 aromatic carbocycles. The van der Waals surface area contributed by atoms with E-state index in [0.29, 0.717) is 11.2 Å². The smallest absolute Gasteiger partial charge is 0.0617 e. The van der Waals surface area contributed by atoms with E-state index >= 15 is 0 Å². The van der Waals surface area contributed by atoms with Crippen LogP contribution in [0, 0.1) is 0 Å².